The Morgan fingerprint density at radius 3 is 3.06 bits per heavy atom. The van der Waals surface area contributed by atoms with E-state index in [0.29, 0.717) is 19.5 Å². The van der Waals surface area contributed by atoms with Gasteiger partial charge in [-0.2, -0.15) is 0 Å². The van der Waals surface area contributed by atoms with Gasteiger partial charge in [0.2, 0.25) is 0 Å². The molecule has 17 heavy (non-hydrogen) atoms. The molecule has 1 aliphatic rings. The summed E-state index contributed by atoms with van der Waals surface area (Å²) in [6, 6.07) is -0.622. The SMILES string of the molecule is CCn1ccnc(N2CCCC2C(=O)O)c1=O. The lowest BCUT2D eigenvalue weighted by Gasteiger charge is -2.21. The lowest BCUT2D eigenvalue weighted by molar-refractivity contribution is -0.138. The fourth-order valence-electron chi connectivity index (χ4n) is 2.16. The van der Waals surface area contributed by atoms with Crippen LogP contribution >= 0.6 is 0 Å². The number of carboxylic acid groups (broad SMARTS) is 1. The van der Waals surface area contributed by atoms with Crippen molar-refractivity contribution in [1.29, 1.82) is 0 Å². The molecule has 0 radical (unpaired) electrons. The van der Waals surface area contributed by atoms with Gasteiger partial charge < -0.3 is 14.6 Å². The minimum absolute atomic E-state index is 0.219. The summed E-state index contributed by atoms with van der Waals surface area (Å²) < 4.78 is 1.53. The Morgan fingerprint density at radius 1 is 1.65 bits per heavy atom. The molecule has 1 aliphatic heterocycles. The van der Waals surface area contributed by atoms with Crippen LogP contribution in [0.4, 0.5) is 5.82 Å². The van der Waals surface area contributed by atoms with Gasteiger partial charge in [-0.15, -0.1) is 0 Å². The van der Waals surface area contributed by atoms with Crippen LogP contribution in [-0.4, -0.2) is 33.2 Å². The van der Waals surface area contributed by atoms with E-state index in [9.17, 15) is 9.59 Å². The van der Waals surface area contributed by atoms with E-state index in [1.165, 1.54) is 10.8 Å². The van der Waals surface area contributed by atoms with Crippen molar-refractivity contribution in [2.24, 2.45) is 0 Å². The fourth-order valence-corrected chi connectivity index (χ4v) is 2.16. The minimum atomic E-state index is -0.893. The molecule has 2 heterocycles. The number of rotatable bonds is 3. The zero-order chi connectivity index (χ0) is 12.4. The summed E-state index contributed by atoms with van der Waals surface area (Å²) in [4.78, 5) is 28.7. The van der Waals surface area contributed by atoms with Crippen molar-refractivity contribution in [3.05, 3.63) is 22.7 Å². The average molecular weight is 237 g/mol. The number of aromatic nitrogens is 2. The Morgan fingerprint density at radius 2 is 2.41 bits per heavy atom. The summed E-state index contributed by atoms with van der Waals surface area (Å²) in [6.07, 6.45) is 4.49. The first kappa shape index (κ1) is 11.6. The minimum Gasteiger partial charge on any atom is -0.480 e. The molecule has 2 rings (SSSR count). The highest BCUT2D eigenvalue weighted by molar-refractivity contribution is 5.78. The molecule has 92 valence electrons. The number of hydrogen-bond acceptors (Lipinski definition) is 4. The molecule has 0 aliphatic carbocycles. The van der Waals surface area contributed by atoms with E-state index in [0.717, 1.165) is 6.42 Å². The number of anilines is 1. The molecule has 0 amide bonds. The number of nitrogens with zero attached hydrogens (tertiary/aromatic N) is 3. The predicted octanol–water partition coefficient (Wildman–Crippen LogP) is 0.317. The topological polar surface area (TPSA) is 75.4 Å². The monoisotopic (exact) mass is 237 g/mol. The molecule has 1 saturated heterocycles. The van der Waals surface area contributed by atoms with Crippen molar-refractivity contribution in [2.75, 3.05) is 11.4 Å². The summed E-state index contributed by atoms with van der Waals surface area (Å²) >= 11 is 0. The van der Waals surface area contributed by atoms with Gasteiger partial charge >= 0.3 is 5.97 Å². The van der Waals surface area contributed by atoms with Gasteiger partial charge in [-0.1, -0.05) is 0 Å². The molecule has 6 nitrogen and oxygen atoms in total. The molecule has 1 N–H and O–H groups in total. The molecule has 0 spiro atoms. The van der Waals surface area contributed by atoms with Crippen LogP contribution in [0.15, 0.2) is 17.2 Å². The van der Waals surface area contributed by atoms with Gasteiger partial charge in [0.15, 0.2) is 5.82 Å². The lowest BCUT2D eigenvalue weighted by Crippen LogP contribution is -2.40. The number of aryl methyl sites for hydroxylation is 1. The van der Waals surface area contributed by atoms with E-state index >= 15 is 0 Å². The van der Waals surface area contributed by atoms with Gasteiger partial charge in [-0.05, 0) is 19.8 Å². The molecule has 1 aromatic heterocycles. The number of carboxylic acids is 1. The zero-order valence-electron chi connectivity index (χ0n) is 9.67. The Balaban J connectivity index is 2.40. The standard InChI is InChI=1S/C11H15N3O3/c1-2-13-7-5-12-9(10(13)15)14-6-3-4-8(14)11(16)17/h5,7-8H,2-4,6H2,1H3,(H,16,17). The maximum absolute atomic E-state index is 12.0. The predicted molar refractivity (Wildman–Crippen MR) is 62.2 cm³/mol. The number of aliphatic carboxylic acids is 1. The summed E-state index contributed by atoms with van der Waals surface area (Å²) in [5, 5.41) is 9.08. The van der Waals surface area contributed by atoms with Crippen LogP contribution in [0.25, 0.3) is 0 Å². The molecule has 0 aromatic carbocycles. The maximum Gasteiger partial charge on any atom is 0.326 e. The quantitative estimate of drug-likeness (QED) is 0.819. The summed E-state index contributed by atoms with van der Waals surface area (Å²) in [7, 11) is 0. The van der Waals surface area contributed by atoms with Crippen LogP contribution in [0.5, 0.6) is 0 Å². The van der Waals surface area contributed by atoms with E-state index in [1.54, 1.807) is 11.1 Å². The summed E-state index contributed by atoms with van der Waals surface area (Å²) in [5.74, 6) is -0.644. The second kappa shape index (κ2) is 4.57. The van der Waals surface area contributed by atoms with E-state index in [4.69, 9.17) is 5.11 Å². The van der Waals surface area contributed by atoms with Gasteiger partial charge in [0.1, 0.15) is 6.04 Å². The Labute approximate surface area is 98.5 Å². The first-order valence-electron chi connectivity index (χ1n) is 5.70. The van der Waals surface area contributed by atoms with E-state index in [-0.39, 0.29) is 11.4 Å². The molecule has 6 heteroatoms. The van der Waals surface area contributed by atoms with E-state index in [1.807, 2.05) is 6.92 Å². The van der Waals surface area contributed by atoms with Crippen molar-refractivity contribution in [1.82, 2.24) is 9.55 Å². The summed E-state index contributed by atoms with van der Waals surface area (Å²) in [5.41, 5.74) is -0.219. The van der Waals surface area contributed by atoms with Crippen molar-refractivity contribution in [2.45, 2.75) is 32.4 Å². The maximum atomic E-state index is 12.0. The highest BCUT2D eigenvalue weighted by atomic mass is 16.4. The Hall–Kier alpha value is -1.85. The molecule has 0 saturated carbocycles. The Kier molecular flexibility index (Phi) is 3.12. The van der Waals surface area contributed by atoms with Crippen LogP contribution in [0, 0.1) is 0 Å². The molecular formula is C11H15N3O3. The molecule has 0 bridgehead atoms. The second-order valence-electron chi connectivity index (χ2n) is 4.03. The number of carbonyl (C=O) groups is 1. The number of hydrogen-bond donors (Lipinski definition) is 1. The molecule has 1 fully saturated rings. The normalized spacial score (nSPS) is 19.6. The van der Waals surface area contributed by atoms with Crippen molar-refractivity contribution >= 4 is 11.8 Å². The third-order valence-electron chi connectivity index (χ3n) is 3.05. The zero-order valence-corrected chi connectivity index (χ0v) is 9.67. The summed E-state index contributed by atoms with van der Waals surface area (Å²) in [6.45, 7) is 3.00. The van der Waals surface area contributed by atoms with Crippen LogP contribution < -0.4 is 10.5 Å². The van der Waals surface area contributed by atoms with Crippen molar-refractivity contribution < 1.29 is 9.90 Å². The third kappa shape index (κ3) is 2.02. The molecule has 1 unspecified atom stereocenters. The largest absolute Gasteiger partial charge is 0.480 e. The van der Waals surface area contributed by atoms with Crippen LogP contribution in [-0.2, 0) is 11.3 Å². The Bertz CT molecular complexity index is 483. The van der Waals surface area contributed by atoms with Crippen LogP contribution in [0.1, 0.15) is 19.8 Å². The van der Waals surface area contributed by atoms with Gasteiger partial charge in [-0.3, -0.25) is 4.79 Å². The van der Waals surface area contributed by atoms with Crippen LogP contribution in [0.3, 0.4) is 0 Å². The van der Waals surface area contributed by atoms with Crippen LogP contribution in [0.2, 0.25) is 0 Å². The fraction of sp³-hybridized carbons (Fsp3) is 0.545. The smallest absolute Gasteiger partial charge is 0.326 e. The molecule has 1 atom stereocenters. The van der Waals surface area contributed by atoms with E-state index in [2.05, 4.69) is 4.98 Å². The average Bonchev–Trinajstić information content (AvgIpc) is 2.78. The molecular weight excluding hydrogens is 222 g/mol. The highest BCUT2D eigenvalue weighted by Gasteiger charge is 2.32. The van der Waals surface area contributed by atoms with Gasteiger partial charge in [-0.25, -0.2) is 9.78 Å². The molecule has 1 aromatic rings. The highest BCUT2D eigenvalue weighted by Crippen LogP contribution is 2.21. The van der Waals surface area contributed by atoms with Gasteiger partial charge in [0, 0.05) is 25.5 Å². The third-order valence-corrected chi connectivity index (χ3v) is 3.05. The lowest BCUT2D eigenvalue weighted by atomic mass is 10.2. The first-order chi connectivity index (χ1) is 8.15. The van der Waals surface area contributed by atoms with Crippen molar-refractivity contribution in [3.63, 3.8) is 0 Å². The second-order valence-corrected chi connectivity index (χ2v) is 4.03. The van der Waals surface area contributed by atoms with Gasteiger partial charge in [0.25, 0.3) is 5.56 Å². The first-order valence-corrected chi connectivity index (χ1v) is 5.70. The van der Waals surface area contributed by atoms with Gasteiger partial charge in [0.05, 0.1) is 0 Å². The van der Waals surface area contributed by atoms with E-state index < -0.39 is 12.0 Å². The van der Waals surface area contributed by atoms with Crippen molar-refractivity contribution in [3.8, 4) is 0 Å².